The summed E-state index contributed by atoms with van der Waals surface area (Å²) >= 11 is 6.20. The lowest BCUT2D eigenvalue weighted by molar-refractivity contribution is -0.0291. The van der Waals surface area contributed by atoms with E-state index in [1.807, 2.05) is 0 Å². The molecule has 106 valence electrons. The molecule has 2 rings (SSSR count). The molecule has 1 saturated heterocycles. The number of hydrogen-bond donors (Lipinski definition) is 1. The third-order valence-corrected chi connectivity index (χ3v) is 4.95. The molecule has 0 bridgehead atoms. The van der Waals surface area contributed by atoms with Crippen LogP contribution in [0, 0.1) is 0 Å². The molecule has 1 heterocycles. The summed E-state index contributed by atoms with van der Waals surface area (Å²) in [5, 5.41) is 3.72. The molecule has 0 spiro atoms. The van der Waals surface area contributed by atoms with Crippen LogP contribution >= 0.6 is 11.6 Å². The van der Waals surface area contributed by atoms with Crippen LogP contribution in [0.1, 0.15) is 39.0 Å². The molecule has 1 aliphatic carbocycles. The van der Waals surface area contributed by atoms with Crippen molar-refractivity contribution in [3.63, 3.8) is 0 Å². The van der Waals surface area contributed by atoms with Crippen molar-refractivity contribution in [2.24, 2.45) is 0 Å². The molecule has 1 unspecified atom stereocenters. The second kappa shape index (κ2) is 7.09. The Morgan fingerprint density at radius 2 is 2.11 bits per heavy atom. The van der Waals surface area contributed by atoms with Crippen LogP contribution in [0.4, 0.5) is 0 Å². The van der Waals surface area contributed by atoms with Gasteiger partial charge in [0, 0.05) is 31.1 Å². The molecule has 0 aromatic rings. The molecule has 18 heavy (non-hydrogen) atoms. The molecule has 1 aliphatic heterocycles. The Labute approximate surface area is 116 Å². The van der Waals surface area contributed by atoms with E-state index in [9.17, 15) is 0 Å². The van der Waals surface area contributed by atoms with Crippen LogP contribution in [-0.4, -0.2) is 55.2 Å². The molecule has 0 aromatic heterocycles. The van der Waals surface area contributed by atoms with Crippen LogP contribution in [0.25, 0.3) is 0 Å². The molecule has 3 nitrogen and oxygen atoms in total. The van der Waals surface area contributed by atoms with Gasteiger partial charge in [-0.05, 0) is 19.4 Å². The van der Waals surface area contributed by atoms with Crippen LogP contribution in [-0.2, 0) is 4.74 Å². The zero-order valence-electron chi connectivity index (χ0n) is 11.6. The summed E-state index contributed by atoms with van der Waals surface area (Å²) in [7, 11) is 0. The van der Waals surface area contributed by atoms with E-state index in [1.54, 1.807) is 0 Å². The number of rotatable bonds is 5. The molecule has 0 aromatic carbocycles. The van der Waals surface area contributed by atoms with Gasteiger partial charge in [-0.15, -0.1) is 11.6 Å². The maximum Gasteiger partial charge on any atom is 0.0826 e. The first-order valence-corrected chi connectivity index (χ1v) is 7.96. The van der Waals surface area contributed by atoms with Crippen molar-refractivity contribution in [1.82, 2.24) is 10.2 Å². The quantitative estimate of drug-likeness (QED) is 0.778. The fourth-order valence-electron chi connectivity index (χ4n) is 3.11. The van der Waals surface area contributed by atoms with Gasteiger partial charge in [0.05, 0.1) is 12.7 Å². The zero-order chi connectivity index (χ0) is 12.8. The molecule has 1 atom stereocenters. The van der Waals surface area contributed by atoms with E-state index in [0.717, 1.165) is 38.7 Å². The second-order valence-corrected chi connectivity index (χ2v) is 6.01. The summed E-state index contributed by atoms with van der Waals surface area (Å²) in [5.74, 6) is 0.733. The number of hydrogen-bond acceptors (Lipinski definition) is 3. The van der Waals surface area contributed by atoms with Gasteiger partial charge >= 0.3 is 0 Å². The molecule has 0 amide bonds. The highest BCUT2D eigenvalue weighted by Crippen LogP contribution is 2.29. The van der Waals surface area contributed by atoms with E-state index in [2.05, 4.69) is 17.1 Å². The van der Waals surface area contributed by atoms with Crippen molar-refractivity contribution < 1.29 is 4.74 Å². The van der Waals surface area contributed by atoms with Crippen LogP contribution in [0.5, 0.6) is 0 Å². The van der Waals surface area contributed by atoms with Gasteiger partial charge < -0.3 is 10.1 Å². The van der Waals surface area contributed by atoms with Crippen molar-refractivity contribution in [2.75, 3.05) is 38.7 Å². The van der Waals surface area contributed by atoms with E-state index in [4.69, 9.17) is 16.3 Å². The fraction of sp³-hybridized carbons (Fsp3) is 1.00. The Morgan fingerprint density at radius 1 is 1.33 bits per heavy atom. The van der Waals surface area contributed by atoms with E-state index in [-0.39, 0.29) is 5.54 Å². The van der Waals surface area contributed by atoms with Gasteiger partial charge in [0.1, 0.15) is 0 Å². The van der Waals surface area contributed by atoms with Crippen molar-refractivity contribution in [3.8, 4) is 0 Å². The summed E-state index contributed by atoms with van der Waals surface area (Å²) in [6, 6.07) is 0. The minimum Gasteiger partial charge on any atom is -0.374 e. The van der Waals surface area contributed by atoms with Crippen molar-refractivity contribution in [3.05, 3.63) is 0 Å². The number of nitrogens with one attached hydrogen (secondary N) is 1. The number of likely N-dealkylation sites (N-methyl/N-ethyl adjacent to an activating group) is 1. The van der Waals surface area contributed by atoms with Crippen LogP contribution in [0.2, 0.25) is 0 Å². The zero-order valence-corrected chi connectivity index (χ0v) is 12.3. The minimum atomic E-state index is 0.178. The smallest absolute Gasteiger partial charge is 0.0826 e. The van der Waals surface area contributed by atoms with E-state index < -0.39 is 0 Å². The lowest BCUT2D eigenvalue weighted by atomic mass is 9.83. The van der Waals surface area contributed by atoms with Gasteiger partial charge in [0.25, 0.3) is 0 Å². The summed E-state index contributed by atoms with van der Waals surface area (Å²) in [6.45, 7) is 7.30. The second-order valence-electron chi connectivity index (χ2n) is 5.74. The van der Waals surface area contributed by atoms with Crippen molar-refractivity contribution >= 4 is 11.6 Å². The lowest BCUT2D eigenvalue weighted by Crippen LogP contribution is -2.54. The average Bonchev–Trinajstić information content (AvgIpc) is 2.46. The maximum atomic E-state index is 6.20. The summed E-state index contributed by atoms with van der Waals surface area (Å²) < 4.78 is 5.84. The molecule has 2 aliphatic rings. The third-order valence-electron chi connectivity index (χ3n) is 4.44. The van der Waals surface area contributed by atoms with Gasteiger partial charge in [-0.3, -0.25) is 4.90 Å². The van der Waals surface area contributed by atoms with E-state index >= 15 is 0 Å². The monoisotopic (exact) mass is 274 g/mol. The van der Waals surface area contributed by atoms with E-state index in [0.29, 0.717) is 6.10 Å². The number of morpholine rings is 1. The van der Waals surface area contributed by atoms with E-state index in [1.165, 1.54) is 32.1 Å². The predicted molar refractivity (Wildman–Crippen MR) is 76.4 cm³/mol. The normalized spacial score (nSPS) is 29.3. The van der Waals surface area contributed by atoms with Crippen molar-refractivity contribution in [2.45, 2.75) is 50.7 Å². The summed E-state index contributed by atoms with van der Waals surface area (Å²) in [5.41, 5.74) is 0.178. The van der Waals surface area contributed by atoms with Gasteiger partial charge in [-0.1, -0.05) is 26.2 Å². The number of halogens is 1. The summed E-state index contributed by atoms with van der Waals surface area (Å²) in [4.78, 5) is 2.46. The van der Waals surface area contributed by atoms with Gasteiger partial charge in [0.2, 0.25) is 0 Å². The number of ether oxygens (including phenoxy) is 1. The Hall–Kier alpha value is 0.170. The largest absolute Gasteiger partial charge is 0.374 e. The van der Waals surface area contributed by atoms with Crippen LogP contribution in [0.15, 0.2) is 0 Å². The minimum absolute atomic E-state index is 0.178. The van der Waals surface area contributed by atoms with Crippen LogP contribution < -0.4 is 5.32 Å². The standard InChI is InChI=1S/C14H27ClN2O/c1-2-17-8-9-18-13(11-17)10-16-14(12-15)6-4-3-5-7-14/h13,16H,2-12H2,1H3. The molecular weight excluding hydrogens is 248 g/mol. The van der Waals surface area contributed by atoms with Crippen LogP contribution in [0.3, 0.4) is 0 Å². The molecule has 0 radical (unpaired) electrons. The molecule has 2 fully saturated rings. The Kier molecular flexibility index (Phi) is 5.74. The van der Waals surface area contributed by atoms with Gasteiger partial charge in [-0.25, -0.2) is 0 Å². The Bertz CT molecular complexity index is 244. The average molecular weight is 275 g/mol. The SMILES string of the molecule is CCN1CCOC(CNC2(CCl)CCCCC2)C1. The number of nitrogens with zero attached hydrogens (tertiary/aromatic N) is 1. The fourth-order valence-corrected chi connectivity index (χ4v) is 3.47. The lowest BCUT2D eigenvalue weighted by Gasteiger charge is -2.39. The summed E-state index contributed by atoms with van der Waals surface area (Å²) in [6.07, 6.45) is 6.77. The highest BCUT2D eigenvalue weighted by Gasteiger charge is 2.32. The number of alkyl halides is 1. The van der Waals surface area contributed by atoms with Crippen molar-refractivity contribution in [1.29, 1.82) is 0 Å². The first-order chi connectivity index (χ1) is 8.78. The first kappa shape index (κ1) is 14.6. The Morgan fingerprint density at radius 3 is 2.78 bits per heavy atom. The molecule has 1 N–H and O–H groups in total. The molecule has 4 heteroatoms. The predicted octanol–water partition coefficient (Wildman–Crippen LogP) is 2.24. The van der Waals surface area contributed by atoms with Gasteiger partial charge in [-0.2, -0.15) is 0 Å². The topological polar surface area (TPSA) is 24.5 Å². The first-order valence-electron chi connectivity index (χ1n) is 7.43. The highest BCUT2D eigenvalue weighted by atomic mass is 35.5. The highest BCUT2D eigenvalue weighted by molar-refractivity contribution is 6.18. The molecular formula is C14H27ClN2O. The van der Waals surface area contributed by atoms with Gasteiger partial charge in [0.15, 0.2) is 0 Å². The third kappa shape index (κ3) is 3.83. The maximum absolute atomic E-state index is 6.20. The molecule has 1 saturated carbocycles. The Balaban J connectivity index is 1.78.